The Morgan fingerprint density at radius 3 is 2.14 bits per heavy atom. The highest BCUT2D eigenvalue weighted by molar-refractivity contribution is 6.10. The van der Waals surface area contributed by atoms with Crippen molar-refractivity contribution in [1.29, 1.82) is 0 Å². The molecule has 0 unspecified atom stereocenters. The number of carbonyl (C=O) groups is 2. The summed E-state index contributed by atoms with van der Waals surface area (Å²) in [4.78, 5) is 25.5. The maximum atomic E-state index is 13.0. The number of aliphatic hydroxyl groups excluding tert-OH is 3. The molecule has 35 heavy (non-hydrogen) atoms. The van der Waals surface area contributed by atoms with Crippen LogP contribution in [-0.2, 0) is 22.8 Å². The summed E-state index contributed by atoms with van der Waals surface area (Å²) in [5.41, 5.74) is 2.55. The summed E-state index contributed by atoms with van der Waals surface area (Å²) in [6.45, 7) is -0.431. The van der Waals surface area contributed by atoms with E-state index >= 15 is 0 Å². The van der Waals surface area contributed by atoms with Gasteiger partial charge in [-0.2, -0.15) is 0 Å². The Balaban J connectivity index is 1.87. The first kappa shape index (κ1) is 25.9. The van der Waals surface area contributed by atoms with Gasteiger partial charge in [0.15, 0.2) is 17.3 Å². The molecular weight excluding hydrogens is 448 g/mol. The second-order valence-corrected chi connectivity index (χ2v) is 8.27. The summed E-state index contributed by atoms with van der Waals surface area (Å²) >= 11 is 0. The smallest absolute Gasteiger partial charge is 0.185 e. The molecule has 3 rings (SSSR count). The second kappa shape index (κ2) is 12.1. The van der Waals surface area contributed by atoms with Crippen LogP contribution >= 0.6 is 0 Å². The van der Waals surface area contributed by atoms with Gasteiger partial charge >= 0.3 is 0 Å². The van der Waals surface area contributed by atoms with Crippen LogP contribution in [0.4, 0.5) is 0 Å². The second-order valence-electron chi connectivity index (χ2n) is 8.27. The molecule has 7 heteroatoms. The van der Waals surface area contributed by atoms with E-state index < -0.39 is 5.78 Å². The summed E-state index contributed by atoms with van der Waals surface area (Å²) in [7, 11) is 3.05. The largest absolute Gasteiger partial charge is 0.508 e. The molecule has 7 nitrogen and oxygen atoms in total. The van der Waals surface area contributed by atoms with Gasteiger partial charge in [-0.25, -0.2) is 0 Å². The van der Waals surface area contributed by atoms with Crippen LogP contribution in [0, 0.1) is 5.92 Å². The van der Waals surface area contributed by atoms with E-state index in [9.17, 15) is 24.9 Å². The Hall–Kier alpha value is -3.68. The van der Waals surface area contributed by atoms with E-state index in [4.69, 9.17) is 9.47 Å². The third-order valence-electron chi connectivity index (χ3n) is 5.83. The number of allylic oxidation sites excluding steroid dienone is 3. The lowest BCUT2D eigenvalue weighted by Gasteiger charge is -2.08. The van der Waals surface area contributed by atoms with E-state index in [1.807, 2.05) is 0 Å². The third-order valence-corrected chi connectivity index (χ3v) is 5.83. The molecule has 2 aromatic carbocycles. The standard InChI is InChI=1S/C28H30O7/c1-34-27-12-6-19(14-28(27)35-2)5-11-25(32)23(15-26(33)20-8-9-20)24(31)10-4-18-3-7-21(16-29)22(13-18)17-30/h3-7,10-14,20,29-31H,8-9,15-17H2,1-2H3/b10-4+,11-5+,24-23?. The minimum atomic E-state index is -0.470. The zero-order valence-electron chi connectivity index (χ0n) is 19.9. The molecule has 184 valence electrons. The van der Waals surface area contributed by atoms with Crippen LogP contribution in [0.3, 0.4) is 0 Å². The summed E-state index contributed by atoms with van der Waals surface area (Å²) in [6, 6.07) is 10.3. The number of ether oxygens (including phenoxy) is 2. The van der Waals surface area contributed by atoms with Gasteiger partial charge in [0.1, 0.15) is 11.5 Å². The van der Waals surface area contributed by atoms with E-state index in [1.165, 1.54) is 26.4 Å². The molecule has 0 bridgehead atoms. The number of hydrogen-bond acceptors (Lipinski definition) is 7. The number of rotatable bonds is 12. The molecule has 2 aromatic rings. The first-order valence-electron chi connectivity index (χ1n) is 11.3. The topological polar surface area (TPSA) is 113 Å². The van der Waals surface area contributed by atoms with Gasteiger partial charge in [0.05, 0.1) is 27.4 Å². The Bertz CT molecular complexity index is 1170. The van der Waals surface area contributed by atoms with Crippen molar-refractivity contribution >= 4 is 23.7 Å². The van der Waals surface area contributed by atoms with Gasteiger partial charge in [0.25, 0.3) is 0 Å². The van der Waals surface area contributed by atoms with E-state index in [2.05, 4.69) is 0 Å². The van der Waals surface area contributed by atoms with Gasteiger partial charge in [-0.3, -0.25) is 9.59 Å². The highest BCUT2D eigenvalue weighted by Crippen LogP contribution is 2.33. The van der Waals surface area contributed by atoms with Crippen LogP contribution in [-0.4, -0.2) is 41.1 Å². The molecule has 1 aliphatic rings. The summed E-state index contributed by atoms with van der Waals surface area (Å²) in [6.07, 6.45) is 7.32. The highest BCUT2D eigenvalue weighted by Gasteiger charge is 2.31. The van der Waals surface area contributed by atoms with Crippen LogP contribution in [0.2, 0.25) is 0 Å². The van der Waals surface area contributed by atoms with Crippen LogP contribution < -0.4 is 9.47 Å². The van der Waals surface area contributed by atoms with E-state index in [0.29, 0.717) is 33.8 Å². The lowest BCUT2D eigenvalue weighted by molar-refractivity contribution is -0.121. The number of hydrogen-bond donors (Lipinski definition) is 3. The average molecular weight is 479 g/mol. The molecule has 0 atom stereocenters. The van der Waals surface area contributed by atoms with E-state index in [-0.39, 0.29) is 42.7 Å². The number of carbonyl (C=O) groups excluding carboxylic acids is 2. The first-order valence-corrected chi connectivity index (χ1v) is 11.3. The van der Waals surface area contributed by atoms with Crippen molar-refractivity contribution in [1.82, 2.24) is 0 Å². The van der Waals surface area contributed by atoms with E-state index in [1.54, 1.807) is 48.6 Å². The van der Waals surface area contributed by atoms with Gasteiger partial charge < -0.3 is 24.8 Å². The van der Waals surface area contributed by atoms with Gasteiger partial charge in [0, 0.05) is 17.9 Å². The first-order chi connectivity index (χ1) is 16.9. The normalized spacial score (nSPS) is 14.3. The molecule has 0 saturated heterocycles. The van der Waals surface area contributed by atoms with Crippen LogP contribution in [0.1, 0.15) is 41.5 Å². The molecule has 0 aromatic heterocycles. The maximum absolute atomic E-state index is 13.0. The number of ketones is 2. The Kier molecular flexibility index (Phi) is 9.00. The predicted molar refractivity (Wildman–Crippen MR) is 133 cm³/mol. The van der Waals surface area contributed by atoms with Crippen molar-refractivity contribution in [2.24, 2.45) is 5.92 Å². The molecule has 0 spiro atoms. The highest BCUT2D eigenvalue weighted by atomic mass is 16.5. The summed E-state index contributed by atoms with van der Waals surface area (Å²) in [5.74, 6) is 0.193. The molecule has 1 aliphatic carbocycles. The van der Waals surface area contributed by atoms with Crippen LogP contribution in [0.15, 0.2) is 59.9 Å². The molecular formula is C28H30O7. The van der Waals surface area contributed by atoms with Crippen molar-refractivity contribution < 1.29 is 34.4 Å². The molecule has 0 amide bonds. The predicted octanol–water partition coefficient (Wildman–Crippen LogP) is 4.17. The van der Waals surface area contributed by atoms with Crippen molar-refractivity contribution in [3.63, 3.8) is 0 Å². The molecule has 1 fully saturated rings. The molecule has 0 heterocycles. The number of aliphatic hydroxyl groups is 3. The molecule has 1 saturated carbocycles. The fraction of sp³-hybridized carbons (Fsp3) is 0.286. The van der Waals surface area contributed by atoms with Crippen LogP contribution in [0.5, 0.6) is 11.5 Å². The van der Waals surface area contributed by atoms with Crippen molar-refractivity contribution in [2.75, 3.05) is 14.2 Å². The zero-order valence-corrected chi connectivity index (χ0v) is 19.9. The number of benzene rings is 2. The van der Waals surface area contributed by atoms with Gasteiger partial charge in [-0.15, -0.1) is 0 Å². The van der Waals surface area contributed by atoms with Crippen molar-refractivity contribution in [3.8, 4) is 11.5 Å². The molecule has 0 radical (unpaired) electrons. The lowest BCUT2D eigenvalue weighted by Crippen LogP contribution is -2.10. The molecule has 0 aliphatic heterocycles. The number of methoxy groups -OCH3 is 2. The minimum absolute atomic E-state index is 0.0178. The van der Waals surface area contributed by atoms with Crippen molar-refractivity contribution in [2.45, 2.75) is 32.5 Å². The Labute approximate surface area is 204 Å². The Morgan fingerprint density at radius 2 is 1.51 bits per heavy atom. The fourth-order valence-corrected chi connectivity index (χ4v) is 3.58. The van der Waals surface area contributed by atoms with Crippen molar-refractivity contribution in [3.05, 3.63) is 82.1 Å². The van der Waals surface area contributed by atoms with Gasteiger partial charge in [0.2, 0.25) is 0 Å². The number of Topliss-reactive ketones (excluding diaryl/α,β-unsaturated/α-hetero) is 1. The van der Waals surface area contributed by atoms with Crippen LogP contribution in [0.25, 0.3) is 12.2 Å². The Morgan fingerprint density at radius 1 is 0.886 bits per heavy atom. The SMILES string of the molecule is COc1ccc(/C=C/C(=O)C(CC(=O)C2CC2)=C(O)/C=C/c2ccc(CO)c(CO)c2)cc1OC. The van der Waals surface area contributed by atoms with Gasteiger partial charge in [-0.05, 0) is 65.4 Å². The summed E-state index contributed by atoms with van der Waals surface area (Å²) < 4.78 is 10.5. The quantitative estimate of drug-likeness (QED) is 0.238. The zero-order chi connectivity index (χ0) is 25.4. The monoisotopic (exact) mass is 478 g/mol. The molecule has 3 N–H and O–H groups in total. The van der Waals surface area contributed by atoms with Gasteiger partial charge in [-0.1, -0.05) is 30.4 Å². The fourth-order valence-electron chi connectivity index (χ4n) is 3.58. The maximum Gasteiger partial charge on any atom is 0.185 e. The third kappa shape index (κ3) is 6.91. The average Bonchev–Trinajstić information content (AvgIpc) is 3.74. The minimum Gasteiger partial charge on any atom is -0.508 e. The lowest BCUT2D eigenvalue weighted by atomic mass is 9.99. The van der Waals surface area contributed by atoms with E-state index in [0.717, 1.165) is 12.8 Å². The summed E-state index contributed by atoms with van der Waals surface area (Å²) in [5, 5.41) is 29.6.